The molecule has 7 heteroatoms. The summed E-state index contributed by atoms with van der Waals surface area (Å²) in [5.41, 5.74) is 1.04. The Kier molecular flexibility index (Phi) is 3.26. The Morgan fingerprint density at radius 3 is 2.50 bits per heavy atom. The van der Waals surface area contributed by atoms with Gasteiger partial charge in [-0.1, -0.05) is 17.7 Å². The Hall–Kier alpha value is -2.57. The zero-order valence-corrected chi connectivity index (χ0v) is 13.8. The molecule has 0 saturated carbocycles. The third-order valence-electron chi connectivity index (χ3n) is 3.85. The summed E-state index contributed by atoms with van der Waals surface area (Å²) in [6.45, 7) is 0. The quantitative estimate of drug-likeness (QED) is 0.591. The molecule has 0 bridgehead atoms. The van der Waals surface area contributed by atoms with E-state index in [4.69, 9.17) is 11.6 Å². The van der Waals surface area contributed by atoms with Gasteiger partial charge in [0, 0.05) is 10.4 Å². The summed E-state index contributed by atoms with van der Waals surface area (Å²) in [5, 5.41) is 11.5. The molecule has 0 fully saturated rings. The molecule has 0 saturated heterocycles. The van der Waals surface area contributed by atoms with Crippen LogP contribution in [0.5, 0.6) is 5.75 Å². The average molecular weight is 359 g/mol. The van der Waals surface area contributed by atoms with Crippen LogP contribution >= 0.6 is 11.6 Å². The van der Waals surface area contributed by atoms with E-state index in [1.165, 1.54) is 36.7 Å². The number of fused-ring (bicyclic) bond motifs is 3. The molecule has 24 heavy (non-hydrogen) atoms. The van der Waals surface area contributed by atoms with Crippen molar-refractivity contribution >= 4 is 43.4 Å². The van der Waals surface area contributed by atoms with Gasteiger partial charge in [-0.3, -0.25) is 0 Å². The first-order valence-electron chi connectivity index (χ1n) is 7.07. The third kappa shape index (κ3) is 2.23. The van der Waals surface area contributed by atoms with Crippen molar-refractivity contribution in [3.63, 3.8) is 0 Å². The molecule has 4 aromatic rings. The number of hydrogen-bond donors (Lipinski definition) is 1. The molecule has 0 amide bonds. The van der Waals surface area contributed by atoms with Crippen LogP contribution in [0.3, 0.4) is 0 Å². The predicted octanol–water partition coefficient (Wildman–Crippen LogP) is 3.79. The fourth-order valence-corrected chi connectivity index (χ4v) is 4.14. The van der Waals surface area contributed by atoms with E-state index in [-0.39, 0.29) is 10.6 Å². The maximum absolute atomic E-state index is 13.0. The van der Waals surface area contributed by atoms with Crippen LogP contribution in [-0.4, -0.2) is 22.5 Å². The predicted molar refractivity (Wildman–Crippen MR) is 92.9 cm³/mol. The van der Waals surface area contributed by atoms with Gasteiger partial charge in [-0.2, -0.15) is 0 Å². The highest BCUT2D eigenvalue weighted by molar-refractivity contribution is 7.90. The zero-order chi connectivity index (χ0) is 16.9. The first-order chi connectivity index (χ1) is 11.5. The molecule has 5 nitrogen and oxygen atoms in total. The molecular weight excluding hydrogens is 348 g/mol. The highest BCUT2D eigenvalue weighted by Gasteiger charge is 2.21. The Labute approximate surface area is 142 Å². The molecule has 0 atom stereocenters. The van der Waals surface area contributed by atoms with Crippen LogP contribution in [0.25, 0.3) is 21.8 Å². The topological polar surface area (TPSA) is 72.2 Å². The number of rotatable bonds is 2. The normalized spacial score (nSPS) is 12.0. The Bertz CT molecular complexity index is 1180. The number of imidazole rings is 1. The fraction of sp³-hybridized carbons (Fsp3) is 0. The minimum absolute atomic E-state index is 0.119. The molecule has 1 heterocycles. The minimum Gasteiger partial charge on any atom is -0.508 e. The molecule has 4 rings (SSSR count). The van der Waals surface area contributed by atoms with E-state index >= 15 is 0 Å². The number of aromatic hydroxyl groups is 1. The van der Waals surface area contributed by atoms with Gasteiger partial charge in [0.15, 0.2) is 0 Å². The first kappa shape index (κ1) is 15.0. The van der Waals surface area contributed by atoms with Crippen molar-refractivity contribution in [1.29, 1.82) is 0 Å². The molecular formula is C17H11ClN2O3S. The van der Waals surface area contributed by atoms with Gasteiger partial charge in [-0.05, 0) is 53.9 Å². The summed E-state index contributed by atoms with van der Waals surface area (Å²) in [6, 6.07) is 14.3. The van der Waals surface area contributed by atoms with Crippen LogP contribution in [0.4, 0.5) is 0 Å². The number of nitrogens with zero attached hydrogens (tertiary/aromatic N) is 2. The monoisotopic (exact) mass is 358 g/mol. The highest BCUT2D eigenvalue weighted by atomic mass is 35.5. The summed E-state index contributed by atoms with van der Waals surface area (Å²) < 4.78 is 27.1. The largest absolute Gasteiger partial charge is 0.508 e. The van der Waals surface area contributed by atoms with E-state index in [1.807, 2.05) is 0 Å². The van der Waals surface area contributed by atoms with E-state index in [0.717, 1.165) is 9.36 Å². The number of aromatic nitrogens is 2. The Morgan fingerprint density at radius 2 is 1.75 bits per heavy atom. The van der Waals surface area contributed by atoms with Crippen molar-refractivity contribution in [3.8, 4) is 5.75 Å². The molecule has 3 aromatic carbocycles. The minimum atomic E-state index is -3.81. The van der Waals surface area contributed by atoms with E-state index in [9.17, 15) is 13.5 Å². The average Bonchev–Trinajstić information content (AvgIpc) is 3.00. The lowest BCUT2D eigenvalue weighted by atomic mass is 10.1. The Morgan fingerprint density at radius 1 is 1.00 bits per heavy atom. The number of benzene rings is 3. The van der Waals surface area contributed by atoms with Crippen LogP contribution in [0, 0.1) is 0 Å². The summed E-state index contributed by atoms with van der Waals surface area (Å²) in [5.74, 6) is 0.119. The highest BCUT2D eigenvalue weighted by Crippen LogP contribution is 2.30. The Balaban J connectivity index is 2.05. The van der Waals surface area contributed by atoms with E-state index < -0.39 is 10.0 Å². The van der Waals surface area contributed by atoms with Crippen molar-refractivity contribution < 1.29 is 13.5 Å². The van der Waals surface area contributed by atoms with Crippen LogP contribution in [0.15, 0.2) is 65.8 Å². The van der Waals surface area contributed by atoms with Crippen molar-refractivity contribution in [2.75, 3.05) is 0 Å². The lowest BCUT2D eigenvalue weighted by molar-refractivity contribution is 0.476. The number of halogens is 1. The SMILES string of the molecule is O=S(=O)(c1ccc(Cl)cc1)n1cnc2ccc3cc(O)ccc3c21. The zero-order valence-electron chi connectivity index (χ0n) is 12.2. The summed E-state index contributed by atoms with van der Waals surface area (Å²) in [4.78, 5) is 4.32. The third-order valence-corrected chi connectivity index (χ3v) is 5.76. The summed E-state index contributed by atoms with van der Waals surface area (Å²) in [6.07, 6.45) is 1.29. The lowest BCUT2D eigenvalue weighted by Crippen LogP contribution is -2.11. The lowest BCUT2D eigenvalue weighted by Gasteiger charge is -2.09. The molecule has 0 unspecified atom stereocenters. The van der Waals surface area contributed by atoms with Gasteiger partial charge in [0.25, 0.3) is 10.0 Å². The van der Waals surface area contributed by atoms with E-state index in [1.54, 1.807) is 24.3 Å². The van der Waals surface area contributed by atoms with Gasteiger partial charge in [0.2, 0.25) is 0 Å². The summed E-state index contributed by atoms with van der Waals surface area (Å²) in [7, 11) is -3.81. The number of phenolic OH excluding ortho intramolecular Hbond substituents is 1. The summed E-state index contributed by atoms with van der Waals surface area (Å²) >= 11 is 5.84. The second-order valence-corrected chi connectivity index (χ2v) is 7.59. The van der Waals surface area contributed by atoms with Gasteiger partial charge in [0.05, 0.1) is 15.9 Å². The van der Waals surface area contributed by atoms with Crippen molar-refractivity contribution in [2.24, 2.45) is 0 Å². The second kappa shape index (κ2) is 5.22. The van der Waals surface area contributed by atoms with Crippen LogP contribution in [0.1, 0.15) is 0 Å². The molecule has 120 valence electrons. The maximum Gasteiger partial charge on any atom is 0.269 e. The molecule has 0 aliphatic carbocycles. The first-order valence-corrected chi connectivity index (χ1v) is 8.88. The van der Waals surface area contributed by atoms with Gasteiger partial charge in [-0.25, -0.2) is 17.4 Å². The van der Waals surface area contributed by atoms with Gasteiger partial charge in [-0.15, -0.1) is 0 Å². The van der Waals surface area contributed by atoms with Gasteiger partial charge < -0.3 is 5.11 Å². The fourth-order valence-electron chi connectivity index (χ4n) is 2.70. The molecule has 1 N–H and O–H groups in total. The standard InChI is InChI=1S/C17H11ClN2O3S/c18-12-2-5-14(6-3-12)24(22,23)20-10-19-16-8-1-11-9-13(21)4-7-15(11)17(16)20/h1-10,21H. The molecule has 0 aliphatic heterocycles. The molecule has 1 aromatic heterocycles. The van der Waals surface area contributed by atoms with Gasteiger partial charge >= 0.3 is 0 Å². The number of hydrogen-bond acceptors (Lipinski definition) is 4. The van der Waals surface area contributed by atoms with Crippen molar-refractivity contribution in [1.82, 2.24) is 8.96 Å². The maximum atomic E-state index is 13.0. The van der Waals surface area contributed by atoms with Crippen LogP contribution < -0.4 is 0 Å². The van der Waals surface area contributed by atoms with E-state index in [2.05, 4.69) is 4.98 Å². The second-order valence-electron chi connectivity index (χ2n) is 5.34. The smallest absolute Gasteiger partial charge is 0.269 e. The van der Waals surface area contributed by atoms with Crippen molar-refractivity contribution in [2.45, 2.75) is 4.90 Å². The van der Waals surface area contributed by atoms with Crippen LogP contribution in [-0.2, 0) is 10.0 Å². The van der Waals surface area contributed by atoms with Crippen molar-refractivity contribution in [3.05, 3.63) is 65.9 Å². The molecule has 0 aliphatic rings. The number of phenols is 1. The van der Waals surface area contributed by atoms with E-state index in [0.29, 0.717) is 21.4 Å². The van der Waals surface area contributed by atoms with Crippen LogP contribution in [0.2, 0.25) is 5.02 Å². The molecule has 0 radical (unpaired) electrons. The van der Waals surface area contributed by atoms with Gasteiger partial charge in [0.1, 0.15) is 12.1 Å². The molecule has 0 spiro atoms.